The number of carbonyl (C=O) groups excluding carboxylic acids is 1. The number of rotatable bonds is 5. The highest BCUT2D eigenvalue weighted by Crippen LogP contribution is 2.27. The standard InChI is InChI=1S/C22H22O5/c1-13(2)18-11-19-16(10-22(25)27-20(19)8-14(18)3)12-26-21(24)9-15-4-6-17(23)7-5-15/h4-8,10-11,13,23H,9,12H2,1-3H3. The molecule has 0 fully saturated rings. The normalized spacial score (nSPS) is 11.1. The van der Waals surface area contributed by atoms with E-state index >= 15 is 0 Å². The summed E-state index contributed by atoms with van der Waals surface area (Å²) in [7, 11) is 0. The molecule has 1 heterocycles. The van der Waals surface area contributed by atoms with Gasteiger partial charge >= 0.3 is 11.6 Å². The molecule has 0 aliphatic rings. The summed E-state index contributed by atoms with van der Waals surface area (Å²) in [5.74, 6) is 0.0651. The van der Waals surface area contributed by atoms with E-state index in [4.69, 9.17) is 9.15 Å². The number of ether oxygens (including phenoxy) is 1. The molecule has 0 atom stereocenters. The van der Waals surface area contributed by atoms with Gasteiger partial charge in [-0.25, -0.2) is 4.79 Å². The van der Waals surface area contributed by atoms with Crippen molar-refractivity contribution in [3.8, 4) is 5.75 Å². The number of carbonyl (C=O) groups is 1. The molecule has 0 aliphatic heterocycles. The molecule has 3 rings (SSSR count). The second-order valence-corrected chi connectivity index (χ2v) is 6.95. The Kier molecular flexibility index (Phi) is 5.31. The molecule has 140 valence electrons. The lowest BCUT2D eigenvalue weighted by Crippen LogP contribution is -2.10. The maximum absolute atomic E-state index is 12.1. The molecule has 0 unspecified atom stereocenters. The fourth-order valence-electron chi connectivity index (χ4n) is 3.12. The van der Waals surface area contributed by atoms with E-state index in [1.54, 1.807) is 12.1 Å². The van der Waals surface area contributed by atoms with Gasteiger partial charge in [0.2, 0.25) is 0 Å². The van der Waals surface area contributed by atoms with E-state index in [1.807, 2.05) is 19.1 Å². The zero-order valence-electron chi connectivity index (χ0n) is 15.6. The van der Waals surface area contributed by atoms with E-state index in [-0.39, 0.29) is 18.8 Å². The maximum atomic E-state index is 12.1. The van der Waals surface area contributed by atoms with E-state index < -0.39 is 11.6 Å². The Hall–Kier alpha value is -3.08. The molecule has 27 heavy (non-hydrogen) atoms. The van der Waals surface area contributed by atoms with Crippen molar-refractivity contribution >= 4 is 16.9 Å². The Morgan fingerprint density at radius 1 is 1.15 bits per heavy atom. The lowest BCUT2D eigenvalue weighted by molar-refractivity contribution is -0.144. The Labute approximate surface area is 157 Å². The molecule has 1 N–H and O–H groups in total. The van der Waals surface area contributed by atoms with Crippen LogP contribution in [0.2, 0.25) is 0 Å². The van der Waals surface area contributed by atoms with Gasteiger partial charge in [-0.2, -0.15) is 0 Å². The topological polar surface area (TPSA) is 76.7 Å². The van der Waals surface area contributed by atoms with Crippen molar-refractivity contribution in [1.82, 2.24) is 0 Å². The van der Waals surface area contributed by atoms with Crippen LogP contribution in [-0.4, -0.2) is 11.1 Å². The highest BCUT2D eigenvalue weighted by atomic mass is 16.5. The Balaban J connectivity index is 1.83. The summed E-state index contributed by atoms with van der Waals surface area (Å²) in [5.41, 5.74) is 3.61. The van der Waals surface area contributed by atoms with Crippen LogP contribution in [-0.2, 0) is 22.6 Å². The van der Waals surface area contributed by atoms with E-state index in [2.05, 4.69) is 13.8 Å². The highest BCUT2D eigenvalue weighted by molar-refractivity contribution is 5.82. The molecule has 0 spiro atoms. The number of phenolic OH excluding ortho intramolecular Hbond substituents is 1. The molecule has 2 aromatic carbocycles. The number of hydrogen-bond donors (Lipinski definition) is 1. The fraction of sp³-hybridized carbons (Fsp3) is 0.273. The van der Waals surface area contributed by atoms with E-state index in [1.165, 1.54) is 18.2 Å². The van der Waals surface area contributed by atoms with Crippen LogP contribution in [0.5, 0.6) is 5.75 Å². The minimum absolute atomic E-state index is 0.000384. The monoisotopic (exact) mass is 366 g/mol. The summed E-state index contributed by atoms with van der Waals surface area (Å²) >= 11 is 0. The summed E-state index contributed by atoms with van der Waals surface area (Å²) < 4.78 is 10.7. The molecule has 5 nitrogen and oxygen atoms in total. The second-order valence-electron chi connectivity index (χ2n) is 6.95. The molecular weight excluding hydrogens is 344 g/mol. The maximum Gasteiger partial charge on any atom is 0.336 e. The number of benzene rings is 2. The first-order valence-corrected chi connectivity index (χ1v) is 8.84. The van der Waals surface area contributed by atoms with Crippen molar-refractivity contribution in [2.75, 3.05) is 0 Å². The van der Waals surface area contributed by atoms with Gasteiger partial charge in [-0.3, -0.25) is 4.79 Å². The van der Waals surface area contributed by atoms with Crippen LogP contribution in [0, 0.1) is 6.92 Å². The molecular formula is C22H22O5. The van der Waals surface area contributed by atoms with Crippen molar-refractivity contribution < 1.29 is 19.1 Å². The smallest absolute Gasteiger partial charge is 0.336 e. The minimum Gasteiger partial charge on any atom is -0.508 e. The van der Waals surface area contributed by atoms with Crippen molar-refractivity contribution in [1.29, 1.82) is 0 Å². The van der Waals surface area contributed by atoms with Gasteiger partial charge in [0.25, 0.3) is 0 Å². The van der Waals surface area contributed by atoms with Crippen molar-refractivity contribution in [2.45, 2.75) is 39.7 Å². The van der Waals surface area contributed by atoms with Gasteiger partial charge in [0.15, 0.2) is 0 Å². The SMILES string of the molecule is Cc1cc2oc(=O)cc(COC(=O)Cc3ccc(O)cc3)c2cc1C(C)C. The second kappa shape index (κ2) is 7.66. The predicted octanol–water partition coefficient (Wildman–Crippen LogP) is 4.22. The van der Waals surface area contributed by atoms with Crippen molar-refractivity contribution in [3.63, 3.8) is 0 Å². The number of hydrogen-bond acceptors (Lipinski definition) is 5. The van der Waals surface area contributed by atoms with Crippen LogP contribution in [0.1, 0.15) is 42.0 Å². The number of phenols is 1. The molecule has 0 saturated carbocycles. The minimum atomic E-state index is -0.469. The fourth-order valence-corrected chi connectivity index (χ4v) is 3.12. The molecule has 0 amide bonds. The third-order valence-corrected chi connectivity index (χ3v) is 4.51. The van der Waals surface area contributed by atoms with E-state index in [9.17, 15) is 14.7 Å². The summed E-state index contributed by atoms with van der Waals surface area (Å²) in [5, 5.41) is 10.1. The van der Waals surface area contributed by atoms with Crippen molar-refractivity contribution in [2.24, 2.45) is 0 Å². The molecule has 1 aromatic heterocycles. The lowest BCUT2D eigenvalue weighted by Gasteiger charge is -2.13. The average Bonchev–Trinajstić information content (AvgIpc) is 2.60. The van der Waals surface area contributed by atoms with Gasteiger partial charge < -0.3 is 14.3 Å². The molecule has 0 aliphatic carbocycles. The predicted molar refractivity (Wildman–Crippen MR) is 103 cm³/mol. The third-order valence-electron chi connectivity index (χ3n) is 4.51. The van der Waals surface area contributed by atoms with Crippen molar-refractivity contribution in [3.05, 3.63) is 75.1 Å². The summed E-state index contributed by atoms with van der Waals surface area (Å²) in [6.07, 6.45) is 0.0933. The van der Waals surface area contributed by atoms with Gasteiger partial charge in [0, 0.05) is 17.0 Å². The molecule has 0 radical (unpaired) electrons. The number of aryl methyl sites for hydroxylation is 1. The zero-order chi connectivity index (χ0) is 19.6. The average molecular weight is 366 g/mol. The van der Waals surface area contributed by atoms with Crippen LogP contribution in [0.25, 0.3) is 11.0 Å². The molecule has 0 bridgehead atoms. The Morgan fingerprint density at radius 3 is 2.52 bits per heavy atom. The summed E-state index contributed by atoms with van der Waals surface area (Å²) in [6, 6.07) is 11.6. The van der Waals surface area contributed by atoms with E-state index in [0.29, 0.717) is 17.1 Å². The van der Waals surface area contributed by atoms with Crippen LogP contribution in [0.3, 0.4) is 0 Å². The van der Waals surface area contributed by atoms with Crippen LogP contribution in [0.15, 0.2) is 51.7 Å². The molecule has 3 aromatic rings. The molecule has 0 saturated heterocycles. The van der Waals surface area contributed by atoms with E-state index in [0.717, 1.165) is 22.1 Å². The van der Waals surface area contributed by atoms with Crippen LogP contribution >= 0.6 is 0 Å². The first kappa shape index (κ1) is 18.7. The largest absolute Gasteiger partial charge is 0.508 e. The first-order chi connectivity index (χ1) is 12.8. The van der Waals surface area contributed by atoms with Gasteiger partial charge in [0.05, 0.1) is 6.42 Å². The van der Waals surface area contributed by atoms with Gasteiger partial charge in [-0.05, 0) is 53.8 Å². The lowest BCUT2D eigenvalue weighted by atomic mass is 9.95. The van der Waals surface area contributed by atoms with Gasteiger partial charge in [-0.1, -0.05) is 26.0 Å². The van der Waals surface area contributed by atoms with Gasteiger partial charge in [0.1, 0.15) is 17.9 Å². The first-order valence-electron chi connectivity index (χ1n) is 8.84. The summed E-state index contributed by atoms with van der Waals surface area (Å²) in [6.45, 7) is 6.19. The number of fused-ring (bicyclic) bond motifs is 1. The third kappa shape index (κ3) is 4.37. The van der Waals surface area contributed by atoms with Crippen LogP contribution < -0.4 is 5.63 Å². The highest BCUT2D eigenvalue weighted by Gasteiger charge is 2.13. The zero-order valence-corrected chi connectivity index (χ0v) is 15.6. The number of esters is 1. The number of aromatic hydroxyl groups is 1. The summed E-state index contributed by atoms with van der Waals surface area (Å²) in [4.78, 5) is 24.0. The quantitative estimate of drug-likeness (QED) is 0.540. The van der Waals surface area contributed by atoms with Gasteiger partial charge in [-0.15, -0.1) is 0 Å². The van der Waals surface area contributed by atoms with Crippen LogP contribution in [0.4, 0.5) is 0 Å². The molecule has 5 heteroatoms. The Bertz CT molecular complexity index is 1030. The Morgan fingerprint density at radius 2 is 1.85 bits per heavy atom.